The lowest BCUT2D eigenvalue weighted by atomic mass is 10.0. The van der Waals surface area contributed by atoms with Crippen molar-refractivity contribution in [3.8, 4) is 0 Å². The first kappa shape index (κ1) is 15.6. The zero-order chi connectivity index (χ0) is 17.1. The lowest BCUT2D eigenvalue weighted by molar-refractivity contribution is 0.706. The highest BCUT2D eigenvalue weighted by Gasteiger charge is 2.18. The van der Waals surface area contributed by atoms with Crippen LogP contribution in [0, 0.1) is 6.92 Å². The highest BCUT2D eigenvalue weighted by Crippen LogP contribution is 2.23. The number of benzene rings is 1. The van der Waals surface area contributed by atoms with E-state index < -0.39 is 0 Å². The monoisotopic (exact) mass is 331 g/mol. The van der Waals surface area contributed by atoms with Gasteiger partial charge in [-0.3, -0.25) is 4.98 Å². The third-order valence-electron chi connectivity index (χ3n) is 4.48. The summed E-state index contributed by atoms with van der Waals surface area (Å²) in [7, 11) is 0. The van der Waals surface area contributed by atoms with Crippen molar-refractivity contribution in [2.75, 3.05) is 16.8 Å². The van der Waals surface area contributed by atoms with Crippen molar-refractivity contribution in [2.24, 2.45) is 0 Å². The van der Waals surface area contributed by atoms with Gasteiger partial charge in [0.25, 0.3) is 0 Å². The second kappa shape index (κ2) is 6.89. The molecule has 0 aliphatic carbocycles. The highest BCUT2D eigenvalue weighted by atomic mass is 15.3. The van der Waals surface area contributed by atoms with Crippen LogP contribution < -0.4 is 10.2 Å². The number of hydrogen-bond acceptors (Lipinski definition) is 5. The van der Waals surface area contributed by atoms with Crippen molar-refractivity contribution in [1.82, 2.24) is 15.0 Å². The van der Waals surface area contributed by atoms with Crippen LogP contribution in [0.3, 0.4) is 0 Å². The number of aromatic nitrogens is 3. The van der Waals surface area contributed by atoms with Gasteiger partial charge in [0.15, 0.2) is 0 Å². The lowest BCUT2D eigenvalue weighted by Gasteiger charge is -2.29. The van der Waals surface area contributed by atoms with Crippen LogP contribution in [-0.2, 0) is 19.5 Å². The fraction of sp³-hybridized carbons (Fsp3) is 0.250. The summed E-state index contributed by atoms with van der Waals surface area (Å²) in [6.45, 7) is 4.55. The molecule has 0 bridgehead atoms. The molecule has 1 aliphatic heterocycles. The van der Waals surface area contributed by atoms with E-state index in [1.54, 1.807) is 12.4 Å². The normalized spacial score (nSPS) is 13.4. The standard InChI is InChI=1S/C20H21N5/c1-15-12-19(22-13-16-6-9-21-10-7-16)24-20(23-15)25-11-8-17-4-2-3-5-18(17)14-25/h2-7,9-10,12H,8,11,13-14H2,1H3,(H,22,23,24). The number of rotatable bonds is 4. The molecule has 1 aromatic carbocycles. The molecule has 1 N–H and O–H groups in total. The summed E-state index contributed by atoms with van der Waals surface area (Å²) in [4.78, 5) is 15.7. The first-order chi connectivity index (χ1) is 12.3. The van der Waals surface area contributed by atoms with Crippen molar-refractivity contribution in [3.05, 3.63) is 77.2 Å². The number of hydrogen-bond donors (Lipinski definition) is 1. The van der Waals surface area contributed by atoms with Gasteiger partial charge >= 0.3 is 0 Å². The maximum atomic E-state index is 4.73. The number of pyridine rings is 1. The Hall–Kier alpha value is -2.95. The Morgan fingerprint density at radius 2 is 1.84 bits per heavy atom. The van der Waals surface area contributed by atoms with E-state index in [4.69, 9.17) is 4.98 Å². The quantitative estimate of drug-likeness (QED) is 0.794. The van der Waals surface area contributed by atoms with Gasteiger partial charge in [-0.2, -0.15) is 4.98 Å². The van der Waals surface area contributed by atoms with Crippen LogP contribution >= 0.6 is 0 Å². The van der Waals surface area contributed by atoms with Gasteiger partial charge in [0.2, 0.25) is 5.95 Å². The van der Waals surface area contributed by atoms with Gasteiger partial charge in [0, 0.05) is 43.8 Å². The molecular weight excluding hydrogens is 310 g/mol. The molecule has 25 heavy (non-hydrogen) atoms. The molecule has 0 fully saturated rings. The predicted octanol–water partition coefficient (Wildman–Crippen LogP) is 3.35. The van der Waals surface area contributed by atoms with Crippen LogP contribution in [0.2, 0.25) is 0 Å². The van der Waals surface area contributed by atoms with Gasteiger partial charge in [-0.15, -0.1) is 0 Å². The molecule has 0 unspecified atom stereocenters. The summed E-state index contributed by atoms with van der Waals surface area (Å²) in [6.07, 6.45) is 4.64. The van der Waals surface area contributed by atoms with Crippen LogP contribution in [0.25, 0.3) is 0 Å². The molecule has 1 aliphatic rings. The van der Waals surface area contributed by atoms with E-state index >= 15 is 0 Å². The van der Waals surface area contributed by atoms with Gasteiger partial charge in [0.05, 0.1) is 0 Å². The van der Waals surface area contributed by atoms with Crippen LogP contribution in [0.5, 0.6) is 0 Å². The van der Waals surface area contributed by atoms with Gasteiger partial charge in [-0.05, 0) is 42.2 Å². The molecule has 0 spiro atoms. The Morgan fingerprint density at radius 1 is 1.04 bits per heavy atom. The van der Waals surface area contributed by atoms with Crippen molar-refractivity contribution < 1.29 is 0 Å². The van der Waals surface area contributed by atoms with Gasteiger partial charge < -0.3 is 10.2 Å². The number of aryl methyl sites for hydroxylation is 1. The van der Waals surface area contributed by atoms with Crippen LogP contribution in [0.4, 0.5) is 11.8 Å². The Kier molecular flexibility index (Phi) is 4.29. The molecular formula is C20H21N5. The second-order valence-corrected chi connectivity index (χ2v) is 6.34. The third kappa shape index (κ3) is 3.60. The number of nitrogens with one attached hydrogen (secondary N) is 1. The van der Waals surface area contributed by atoms with Crippen LogP contribution in [0.1, 0.15) is 22.4 Å². The molecule has 5 heteroatoms. The second-order valence-electron chi connectivity index (χ2n) is 6.34. The van der Waals surface area contributed by atoms with E-state index in [9.17, 15) is 0 Å². The summed E-state index contributed by atoms with van der Waals surface area (Å²) in [6, 6.07) is 14.6. The molecule has 0 saturated carbocycles. The molecule has 4 rings (SSSR count). The molecule has 2 aromatic heterocycles. The Balaban J connectivity index is 1.52. The minimum absolute atomic E-state index is 0.723. The lowest BCUT2D eigenvalue weighted by Crippen LogP contribution is -2.32. The largest absolute Gasteiger partial charge is 0.366 e. The van der Waals surface area contributed by atoms with E-state index in [2.05, 4.69) is 44.5 Å². The number of fused-ring (bicyclic) bond motifs is 1. The first-order valence-corrected chi connectivity index (χ1v) is 8.58. The molecule has 3 aromatic rings. The molecule has 5 nitrogen and oxygen atoms in total. The number of nitrogens with zero attached hydrogens (tertiary/aromatic N) is 4. The SMILES string of the molecule is Cc1cc(NCc2ccncc2)nc(N2CCc3ccccc3C2)n1. The molecule has 3 heterocycles. The maximum Gasteiger partial charge on any atom is 0.227 e. The summed E-state index contributed by atoms with van der Waals surface area (Å²) >= 11 is 0. The summed E-state index contributed by atoms with van der Waals surface area (Å²) < 4.78 is 0. The molecule has 0 atom stereocenters. The van der Waals surface area contributed by atoms with Crippen molar-refractivity contribution in [3.63, 3.8) is 0 Å². The Bertz CT molecular complexity index is 863. The van der Waals surface area contributed by atoms with Gasteiger partial charge in [-0.1, -0.05) is 24.3 Å². The van der Waals surface area contributed by atoms with Crippen molar-refractivity contribution in [2.45, 2.75) is 26.4 Å². The van der Waals surface area contributed by atoms with E-state index in [1.807, 2.05) is 25.1 Å². The zero-order valence-corrected chi connectivity index (χ0v) is 14.3. The average molecular weight is 331 g/mol. The highest BCUT2D eigenvalue weighted by molar-refractivity contribution is 5.46. The summed E-state index contributed by atoms with van der Waals surface area (Å²) in [5.41, 5.74) is 4.95. The molecule has 126 valence electrons. The van der Waals surface area contributed by atoms with E-state index in [0.29, 0.717) is 0 Å². The topological polar surface area (TPSA) is 53.9 Å². The molecule has 0 amide bonds. The Labute approximate surface area is 147 Å². The van der Waals surface area contributed by atoms with Crippen molar-refractivity contribution in [1.29, 1.82) is 0 Å². The number of anilines is 2. The minimum atomic E-state index is 0.723. The van der Waals surface area contributed by atoms with E-state index in [-0.39, 0.29) is 0 Å². The van der Waals surface area contributed by atoms with Crippen LogP contribution in [-0.4, -0.2) is 21.5 Å². The zero-order valence-electron chi connectivity index (χ0n) is 14.3. The summed E-state index contributed by atoms with van der Waals surface area (Å²) in [5, 5.41) is 3.39. The van der Waals surface area contributed by atoms with E-state index in [0.717, 1.165) is 43.5 Å². The summed E-state index contributed by atoms with van der Waals surface area (Å²) in [5.74, 6) is 1.66. The van der Waals surface area contributed by atoms with Gasteiger partial charge in [-0.25, -0.2) is 4.98 Å². The predicted molar refractivity (Wildman–Crippen MR) is 99.5 cm³/mol. The maximum absolute atomic E-state index is 4.73. The fourth-order valence-electron chi connectivity index (χ4n) is 3.14. The average Bonchev–Trinajstić information content (AvgIpc) is 2.66. The first-order valence-electron chi connectivity index (χ1n) is 8.58. The molecule has 0 radical (unpaired) electrons. The van der Waals surface area contributed by atoms with Gasteiger partial charge in [0.1, 0.15) is 5.82 Å². The molecule has 0 saturated heterocycles. The fourth-order valence-corrected chi connectivity index (χ4v) is 3.14. The van der Waals surface area contributed by atoms with Crippen LogP contribution in [0.15, 0.2) is 54.9 Å². The van der Waals surface area contributed by atoms with E-state index in [1.165, 1.54) is 16.7 Å². The minimum Gasteiger partial charge on any atom is -0.366 e. The Morgan fingerprint density at radius 3 is 2.68 bits per heavy atom. The smallest absolute Gasteiger partial charge is 0.227 e. The third-order valence-corrected chi connectivity index (χ3v) is 4.48. The van der Waals surface area contributed by atoms with Crippen molar-refractivity contribution >= 4 is 11.8 Å².